The molecule has 1 fully saturated rings. The summed E-state index contributed by atoms with van der Waals surface area (Å²) in [6.07, 6.45) is 2.74. The van der Waals surface area contributed by atoms with Crippen molar-refractivity contribution in [3.05, 3.63) is 71.4 Å². The van der Waals surface area contributed by atoms with Crippen molar-refractivity contribution >= 4 is 27.4 Å². The number of anilines is 1. The predicted molar refractivity (Wildman–Crippen MR) is 126 cm³/mol. The van der Waals surface area contributed by atoms with Crippen molar-refractivity contribution in [2.24, 2.45) is 0 Å². The molecule has 5 nitrogen and oxygen atoms in total. The van der Waals surface area contributed by atoms with E-state index in [0.717, 1.165) is 62.1 Å². The van der Waals surface area contributed by atoms with Crippen LogP contribution in [0.4, 0.5) is 5.82 Å². The van der Waals surface area contributed by atoms with Crippen LogP contribution >= 0.6 is 11.3 Å². The molecule has 0 N–H and O–H groups in total. The first-order valence-electron chi connectivity index (χ1n) is 10.8. The summed E-state index contributed by atoms with van der Waals surface area (Å²) in [5, 5.41) is 3.40. The zero-order chi connectivity index (χ0) is 20.6. The Balaban J connectivity index is 1.21. The first-order valence-corrected chi connectivity index (χ1v) is 11.7. The second-order valence-corrected chi connectivity index (χ2v) is 9.05. The molecule has 6 rings (SSSR count). The number of hydrogen-bond donors (Lipinski definition) is 0. The number of hydrogen-bond acceptors (Lipinski definition) is 6. The van der Waals surface area contributed by atoms with Crippen LogP contribution in [-0.4, -0.2) is 47.7 Å². The zero-order valence-electron chi connectivity index (χ0n) is 17.3. The van der Waals surface area contributed by atoms with Gasteiger partial charge in [0.25, 0.3) is 0 Å². The summed E-state index contributed by atoms with van der Waals surface area (Å²) >= 11 is 1.70. The van der Waals surface area contributed by atoms with Crippen molar-refractivity contribution in [1.29, 1.82) is 0 Å². The van der Waals surface area contributed by atoms with Gasteiger partial charge in [-0.15, -0.1) is 11.3 Å². The Morgan fingerprint density at radius 3 is 2.71 bits per heavy atom. The molecule has 1 saturated heterocycles. The van der Waals surface area contributed by atoms with E-state index in [0.29, 0.717) is 0 Å². The van der Waals surface area contributed by atoms with Crippen LogP contribution in [0, 0.1) is 0 Å². The van der Waals surface area contributed by atoms with Gasteiger partial charge in [-0.2, -0.15) is 0 Å². The molecule has 31 heavy (non-hydrogen) atoms. The van der Waals surface area contributed by atoms with E-state index in [2.05, 4.69) is 68.7 Å². The molecule has 4 aromatic rings. The molecule has 2 aromatic heterocycles. The number of rotatable bonds is 4. The number of aromatic nitrogens is 2. The number of piperazine rings is 1. The van der Waals surface area contributed by atoms with Crippen LogP contribution in [0.2, 0.25) is 0 Å². The van der Waals surface area contributed by atoms with Crippen molar-refractivity contribution in [2.75, 3.05) is 37.7 Å². The van der Waals surface area contributed by atoms with Crippen LogP contribution < -0.4 is 9.64 Å². The van der Waals surface area contributed by atoms with Crippen LogP contribution in [0.3, 0.4) is 0 Å². The SMILES string of the molecule is c1ccc(-c2csc3ncnc(N4CCN(Cc5ccc6c(c5)CCO6)CC4)c23)cc1. The highest BCUT2D eigenvalue weighted by molar-refractivity contribution is 7.17. The summed E-state index contributed by atoms with van der Waals surface area (Å²) in [5.41, 5.74) is 5.19. The zero-order valence-corrected chi connectivity index (χ0v) is 18.1. The molecule has 0 atom stereocenters. The minimum Gasteiger partial charge on any atom is -0.493 e. The topological polar surface area (TPSA) is 41.5 Å². The maximum absolute atomic E-state index is 5.65. The third-order valence-corrected chi connectivity index (χ3v) is 7.15. The van der Waals surface area contributed by atoms with Gasteiger partial charge in [-0.3, -0.25) is 4.90 Å². The summed E-state index contributed by atoms with van der Waals surface area (Å²) in [6, 6.07) is 17.2. The maximum atomic E-state index is 5.65. The van der Waals surface area contributed by atoms with E-state index in [1.807, 2.05) is 0 Å². The molecule has 0 saturated carbocycles. The van der Waals surface area contributed by atoms with E-state index < -0.39 is 0 Å². The van der Waals surface area contributed by atoms with Gasteiger partial charge in [0, 0.05) is 50.1 Å². The van der Waals surface area contributed by atoms with Crippen LogP contribution in [0.1, 0.15) is 11.1 Å². The van der Waals surface area contributed by atoms with Gasteiger partial charge in [-0.05, 0) is 22.8 Å². The van der Waals surface area contributed by atoms with Crippen molar-refractivity contribution in [2.45, 2.75) is 13.0 Å². The van der Waals surface area contributed by atoms with Gasteiger partial charge in [0.1, 0.15) is 22.7 Å². The summed E-state index contributed by atoms with van der Waals surface area (Å²) in [4.78, 5) is 15.3. The molecule has 0 radical (unpaired) electrons. The Bertz CT molecular complexity index is 1210. The molecule has 6 heteroatoms. The van der Waals surface area contributed by atoms with Gasteiger partial charge >= 0.3 is 0 Å². The quantitative estimate of drug-likeness (QED) is 0.475. The molecule has 0 bridgehead atoms. The van der Waals surface area contributed by atoms with Crippen LogP contribution in [-0.2, 0) is 13.0 Å². The Morgan fingerprint density at radius 2 is 1.84 bits per heavy atom. The third-order valence-electron chi connectivity index (χ3n) is 6.27. The molecule has 2 aromatic carbocycles. The molecule has 2 aliphatic rings. The fourth-order valence-electron chi connectivity index (χ4n) is 4.64. The molecule has 4 heterocycles. The average Bonchev–Trinajstić information content (AvgIpc) is 3.47. The van der Waals surface area contributed by atoms with Gasteiger partial charge in [0.2, 0.25) is 0 Å². The summed E-state index contributed by atoms with van der Waals surface area (Å²) in [5.74, 6) is 2.13. The van der Waals surface area contributed by atoms with E-state index in [9.17, 15) is 0 Å². The van der Waals surface area contributed by atoms with Gasteiger partial charge < -0.3 is 9.64 Å². The van der Waals surface area contributed by atoms with Crippen LogP contribution in [0.15, 0.2) is 60.2 Å². The smallest absolute Gasteiger partial charge is 0.141 e. The molecule has 0 amide bonds. The number of benzene rings is 2. The highest BCUT2D eigenvalue weighted by Crippen LogP contribution is 2.38. The number of fused-ring (bicyclic) bond motifs is 2. The Labute approximate surface area is 185 Å². The predicted octanol–water partition coefficient (Wildman–Crippen LogP) is 4.62. The lowest BCUT2D eigenvalue weighted by Crippen LogP contribution is -2.46. The lowest BCUT2D eigenvalue weighted by Gasteiger charge is -2.35. The number of nitrogens with zero attached hydrogens (tertiary/aromatic N) is 4. The molecular formula is C25H24N4OS. The Morgan fingerprint density at radius 1 is 0.968 bits per heavy atom. The minimum atomic E-state index is 0.818. The second-order valence-electron chi connectivity index (χ2n) is 8.20. The van der Waals surface area contributed by atoms with Crippen molar-refractivity contribution in [1.82, 2.24) is 14.9 Å². The molecule has 0 unspecified atom stereocenters. The molecule has 156 valence electrons. The standard InChI is InChI=1S/C25H24N4OS/c1-2-4-19(5-3-1)21-16-31-25-23(21)24(26-17-27-25)29-11-9-28(10-12-29)15-18-6-7-22-20(14-18)8-13-30-22/h1-7,14,16-17H,8-13,15H2. The fraction of sp³-hybridized carbons (Fsp3) is 0.280. The summed E-state index contributed by atoms with van der Waals surface area (Å²) in [6.45, 7) is 5.83. The van der Waals surface area contributed by atoms with E-state index in [-0.39, 0.29) is 0 Å². The largest absolute Gasteiger partial charge is 0.493 e. The fourth-order valence-corrected chi connectivity index (χ4v) is 5.55. The number of thiophene rings is 1. The van der Waals surface area contributed by atoms with Crippen LogP contribution in [0.5, 0.6) is 5.75 Å². The second kappa shape index (κ2) is 7.94. The van der Waals surface area contributed by atoms with Crippen molar-refractivity contribution < 1.29 is 4.74 Å². The molecular weight excluding hydrogens is 404 g/mol. The first-order chi connectivity index (χ1) is 15.3. The van der Waals surface area contributed by atoms with Crippen molar-refractivity contribution in [3.63, 3.8) is 0 Å². The van der Waals surface area contributed by atoms with Crippen molar-refractivity contribution in [3.8, 4) is 16.9 Å². The lowest BCUT2D eigenvalue weighted by molar-refractivity contribution is 0.249. The Kier molecular flexibility index (Phi) is 4.81. The highest BCUT2D eigenvalue weighted by Gasteiger charge is 2.23. The molecule has 0 aliphatic carbocycles. The minimum absolute atomic E-state index is 0.818. The van der Waals surface area contributed by atoms with Gasteiger partial charge in [-0.25, -0.2) is 9.97 Å². The molecule has 2 aliphatic heterocycles. The van der Waals surface area contributed by atoms with E-state index in [1.165, 1.54) is 27.6 Å². The summed E-state index contributed by atoms with van der Waals surface area (Å²) < 4.78 is 5.65. The van der Waals surface area contributed by atoms with E-state index in [4.69, 9.17) is 9.72 Å². The average molecular weight is 429 g/mol. The monoisotopic (exact) mass is 428 g/mol. The first kappa shape index (κ1) is 18.8. The lowest BCUT2D eigenvalue weighted by atomic mass is 10.1. The van der Waals surface area contributed by atoms with E-state index in [1.54, 1.807) is 17.7 Å². The van der Waals surface area contributed by atoms with Gasteiger partial charge in [-0.1, -0.05) is 42.5 Å². The van der Waals surface area contributed by atoms with Crippen LogP contribution in [0.25, 0.3) is 21.3 Å². The summed E-state index contributed by atoms with van der Waals surface area (Å²) in [7, 11) is 0. The van der Waals surface area contributed by atoms with Gasteiger partial charge in [0.05, 0.1) is 12.0 Å². The Hall–Kier alpha value is -2.96. The third kappa shape index (κ3) is 3.56. The molecule has 0 spiro atoms. The highest BCUT2D eigenvalue weighted by atomic mass is 32.1. The van der Waals surface area contributed by atoms with Gasteiger partial charge in [0.15, 0.2) is 0 Å². The maximum Gasteiger partial charge on any atom is 0.141 e. The number of ether oxygens (including phenoxy) is 1. The van der Waals surface area contributed by atoms with E-state index >= 15 is 0 Å². The normalized spacial score (nSPS) is 16.5.